The van der Waals surface area contributed by atoms with Gasteiger partial charge in [-0.05, 0) is 32.1 Å². The number of hydrogen-bond donors (Lipinski definition) is 0. The Bertz CT molecular complexity index is 502. The van der Waals surface area contributed by atoms with Gasteiger partial charge in [0.2, 0.25) is 5.91 Å². The number of rotatable bonds is 5. The molecule has 1 saturated heterocycles. The average molecular weight is 331 g/mol. The van der Waals surface area contributed by atoms with Gasteiger partial charge in [0.05, 0.1) is 0 Å². The minimum Gasteiger partial charge on any atom is -0.341 e. The molecule has 1 unspecified atom stereocenters. The molecule has 1 amide bonds. The molecule has 1 saturated carbocycles. The summed E-state index contributed by atoms with van der Waals surface area (Å²) >= 11 is 0. The Kier molecular flexibility index (Phi) is 5.50. The van der Waals surface area contributed by atoms with Crippen LogP contribution in [-0.2, 0) is 15.0 Å². The van der Waals surface area contributed by atoms with Crippen molar-refractivity contribution in [2.45, 2.75) is 46.1 Å². The van der Waals surface area contributed by atoms with Crippen molar-refractivity contribution in [3.63, 3.8) is 0 Å². The highest BCUT2D eigenvalue weighted by Crippen LogP contribution is 2.35. The molecule has 1 aliphatic carbocycles. The van der Waals surface area contributed by atoms with Gasteiger partial charge in [-0.25, -0.2) is 0 Å². The fourth-order valence-electron chi connectivity index (χ4n) is 2.98. The molecule has 2 fully saturated rings. The molecule has 0 aromatic rings. The van der Waals surface area contributed by atoms with E-state index in [1.54, 1.807) is 16.3 Å². The molecule has 1 heterocycles. The monoisotopic (exact) mass is 331 g/mol. The zero-order valence-electron chi connectivity index (χ0n) is 14.2. The van der Waals surface area contributed by atoms with Gasteiger partial charge in [0, 0.05) is 45.2 Å². The Balaban J connectivity index is 2.01. The third kappa shape index (κ3) is 3.81. The lowest BCUT2D eigenvalue weighted by atomic mass is 10.2. The number of carbonyl (C=O) groups is 1. The second-order valence-electron chi connectivity index (χ2n) is 6.83. The van der Waals surface area contributed by atoms with Crippen molar-refractivity contribution in [3.05, 3.63) is 0 Å². The lowest BCUT2D eigenvalue weighted by Gasteiger charge is -2.30. The van der Waals surface area contributed by atoms with E-state index in [2.05, 4.69) is 0 Å². The molecule has 6 nitrogen and oxygen atoms in total. The van der Waals surface area contributed by atoms with Crippen LogP contribution in [0.25, 0.3) is 0 Å². The van der Waals surface area contributed by atoms with Crippen LogP contribution in [0.5, 0.6) is 0 Å². The predicted molar refractivity (Wildman–Crippen MR) is 86.5 cm³/mol. The van der Waals surface area contributed by atoms with Crippen LogP contribution in [0.4, 0.5) is 0 Å². The first-order valence-corrected chi connectivity index (χ1v) is 9.66. The molecule has 2 rings (SSSR count). The van der Waals surface area contributed by atoms with Crippen molar-refractivity contribution in [2.75, 3.05) is 33.2 Å². The number of nitrogens with zero attached hydrogens (tertiary/aromatic N) is 3. The summed E-state index contributed by atoms with van der Waals surface area (Å²) in [5, 5.41) is 0. The van der Waals surface area contributed by atoms with Crippen LogP contribution in [0.3, 0.4) is 0 Å². The van der Waals surface area contributed by atoms with Crippen LogP contribution < -0.4 is 0 Å². The highest BCUT2D eigenvalue weighted by atomic mass is 32.2. The number of hydrogen-bond acceptors (Lipinski definition) is 3. The molecule has 7 heteroatoms. The summed E-state index contributed by atoms with van der Waals surface area (Å²) in [7, 11) is -1.75. The topological polar surface area (TPSA) is 60.9 Å². The van der Waals surface area contributed by atoms with E-state index < -0.39 is 10.2 Å². The Morgan fingerprint density at radius 1 is 1.09 bits per heavy atom. The number of carbonyl (C=O) groups excluding carboxylic acids is 1. The number of amides is 1. The summed E-state index contributed by atoms with van der Waals surface area (Å²) < 4.78 is 28.6. The van der Waals surface area contributed by atoms with E-state index in [1.165, 1.54) is 4.31 Å². The molecular formula is C15H29N3O3S. The molecule has 1 aliphatic heterocycles. The van der Waals surface area contributed by atoms with Crippen molar-refractivity contribution in [2.24, 2.45) is 11.8 Å². The highest BCUT2D eigenvalue weighted by Gasteiger charge is 2.38. The SMILES string of the molecule is CC(C)C(=O)N1CCCN(S(=O)(=O)N(C)C(C)C2CC2)CC1. The van der Waals surface area contributed by atoms with Gasteiger partial charge in [-0.1, -0.05) is 13.8 Å². The first-order valence-electron chi connectivity index (χ1n) is 8.27. The zero-order valence-corrected chi connectivity index (χ0v) is 15.0. The minimum absolute atomic E-state index is 0.0410. The maximum atomic E-state index is 12.8. The Morgan fingerprint density at radius 3 is 2.27 bits per heavy atom. The molecule has 0 N–H and O–H groups in total. The Labute approximate surface area is 134 Å². The van der Waals surface area contributed by atoms with Gasteiger partial charge in [-0.2, -0.15) is 17.0 Å². The van der Waals surface area contributed by atoms with E-state index in [1.807, 2.05) is 20.8 Å². The molecule has 0 aromatic heterocycles. The smallest absolute Gasteiger partial charge is 0.282 e. The Morgan fingerprint density at radius 2 is 1.73 bits per heavy atom. The summed E-state index contributed by atoms with van der Waals surface area (Å²) in [6, 6.07) is 0.0571. The second kappa shape index (κ2) is 6.84. The van der Waals surface area contributed by atoms with E-state index >= 15 is 0 Å². The first-order chi connectivity index (χ1) is 10.2. The third-order valence-corrected chi connectivity index (χ3v) is 6.91. The minimum atomic E-state index is -3.43. The molecule has 0 aromatic carbocycles. The van der Waals surface area contributed by atoms with Gasteiger partial charge >= 0.3 is 0 Å². The third-order valence-electron chi connectivity index (χ3n) is 4.83. The van der Waals surface area contributed by atoms with Crippen LogP contribution in [0.1, 0.15) is 40.0 Å². The summed E-state index contributed by atoms with van der Waals surface area (Å²) in [5.41, 5.74) is 0. The summed E-state index contributed by atoms with van der Waals surface area (Å²) in [6.45, 7) is 7.77. The summed E-state index contributed by atoms with van der Waals surface area (Å²) in [6.07, 6.45) is 2.94. The van der Waals surface area contributed by atoms with E-state index in [9.17, 15) is 13.2 Å². The molecule has 128 valence electrons. The maximum absolute atomic E-state index is 12.8. The molecule has 2 aliphatic rings. The van der Waals surface area contributed by atoms with Crippen molar-refractivity contribution < 1.29 is 13.2 Å². The summed E-state index contributed by atoms with van der Waals surface area (Å²) in [4.78, 5) is 13.9. The van der Waals surface area contributed by atoms with Crippen molar-refractivity contribution in [3.8, 4) is 0 Å². The lowest BCUT2D eigenvalue weighted by Crippen LogP contribution is -2.47. The van der Waals surface area contributed by atoms with Gasteiger partial charge in [0.1, 0.15) is 0 Å². The molecular weight excluding hydrogens is 302 g/mol. The molecule has 22 heavy (non-hydrogen) atoms. The van der Waals surface area contributed by atoms with Gasteiger partial charge in [-0.15, -0.1) is 0 Å². The van der Waals surface area contributed by atoms with Crippen LogP contribution in [0.2, 0.25) is 0 Å². The summed E-state index contributed by atoms with van der Waals surface area (Å²) in [5.74, 6) is 0.574. The van der Waals surface area contributed by atoms with Gasteiger partial charge in [-0.3, -0.25) is 4.79 Å². The van der Waals surface area contributed by atoms with Crippen LogP contribution in [0, 0.1) is 11.8 Å². The standard InChI is InChI=1S/C15H29N3O3S/c1-12(2)15(19)17-8-5-9-18(11-10-17)22(20,21)16(4)13(3)14-6-7-14/h12-14H,5-11H2,1-4H3. The average Bonchev–Trinajstić information content (AvgIpc) is 3.30. The normalized spacial score (nSPS) is 22.9. The lowest BCUT2D eigenvalue weighted by molar-refractivity contribution is -0.134. The van der Waals surface area contributed by atoms with E-state index in [-0.39, 0.29) is 17.9 Å². The van der Waals surface area contributed by atoms with Crippen molar-refractivity contribution >= 4 is 16.1 Å². The van der Waals surface area contributed by atoms with Gasteiger partial charge in [0.15, 0.2) is 0 Å². The largest absolute Gasteiger partial charge is 0.341 e. The fourth-order valence-corrected chi connectivity index (χ4v) is 4.61. The quantitative estimate of drug-likeness (QED) is 0.759. The molecule has 0 radical (unpaired) electrons. The maximum Gasteiger partial charge on any atom is 0.282 e. The van der Waals surface area contributed by atoms with Gasteiger partial charge in [0.25, 0.3) is 10.2 Å². The Hall–Kier alpha value is -0.660. The van der Waals surface area contributed by atoms with Crippen LogP contribution in [-0.4, -0.2) is 67.1 Å². The van der Waals surface area contributed by atoms with Crippen LogP contribution in [0.15, 0.2) is 0 Å². The highest BCUT2D eigenvalue weighted by molar-refractivity contribution is 7.86. The van der Waals surface area contributed by atoms with Gasteiger partial charge < -0.3 is 4.90 Å². The molecule has 0 bridgehead atoms. The van der Waals surface area contributed by atoms with E-state index in [0.717, 1.165) is 12.8 Å². The van der Waals surface area contributed by atoms with Crippen molar-refractivity contribution in [1.82, 2.24) is 13.5 Å². The van der Waals surface area contributed by atoms with Crippen LogP contribution >= 0.6 is 0 Å². The predicted octanol–water partition coefficient (Wildman–Crippen LogP) is 1.15. The van der Waals surface area contributed by atoms with E-state index in [4.69, 9.17) is 0 Å². The second-order valence-corrected chi connectivity index (χ2v) is 8.82. The first kappa shape index (κ1) is 17.7. The fraction of sp³-hybridized carbons (Fsp3) is 0.933. The zero-order chi connectivity index (χ0) is 16.5. The van der Waals surface area contributed by atoms with Crippen molar-refractivity contribution in [1.29, 1.82) is 0 Å². The molecule has 1 atom stereocenters. The molecule has 0 spiro atoms. The van der Waals surface area contributed by atoms with E-state index in [0.29, 0.717) is 38.5 Å².